The van der Waals surface area contributed by atoms with Crippen LogP contribution in [0.3, 0.4) is 0 Å². The van der Waals surface area contributed by atoms with Crippen molar-refractivity contribution in [3.05, 3.63) is 93.4 Å². The summed E-state index contributed by atoms with van der Waals surface area (Å²) in [6, 6.07) is 15.2. The maximum Gasteiger partial charge on any atom is 0.343 e. The smallest absolute Gasteiger partial charge is 0.343 e. The van der Waals surface area contributed by atoms with Gasteiger partial charge in [-0.1, -0.05) is 0 Å². The van der Waals surface area contributed by atoms with Gasteiger partial charge in [0.05, 0.1) is 18.1 Å². The molecule has 0 N–H and O–H groups in total. The van der Waals surface area contributed by atoms with Crippen LogP contribution in [0.2, 0.25) is 0 Å². The Labute approximate surface area is 177 Å². The normalized spacial score (nSPS) is 10.8. The predicted octanol–water partition coefficient (Wildman–Crippen LogP) is 5.44. The van der Waals surface area contributed by atoms with Crippen LogP contribution in [0, 0.1) is 19.7 Å². The molecule has 6 heteroatoms. The number of carbonyl (C=O) groups excluding carboxylic acids is 1. The van der Waals surface area contributed by atoms with Crippen molar-refractivity contribution in [3.63, 3.8) is 0 Å². The molecule has 0 aliphatic rings. The highest BCUT2D eigenvalue weighted by molar-refractivity contribution is 5.93. The Balaban J connectivity index is 1.90. The molecule has 4 aromatic rings. The number of halogens is 1. The van der Waals surface area contributed by atoms with Crippen molar-refractivity contribution in [2.45, 2.75) is 13.8 Å². The zero-order chi connectivity index (χ0) is 22.1. The Kier molecular flexibility index (Phi) is 5.29. The average Bonchev–Trinajstić information content (AvgIpc) is 2.77. The first-order valence-corrected chi connectivity index (χ1v) is 9.57. The number of hydrogen-bond acceptors (Lipinski definition) is 5. The average molecular weight is 418 g/mol. The first-order chi connectivity index (χ1) is 14.9. The molecule has 0 unspecified atom stereocenters. The molecule has 0 fully saturated rings. The molecule has 4 rings (SSSR count). The number of hydrogen-bond donors (Lipinski definition) is 0. The number of ether oxygens (including phenoxy) is 2. The zero-order valence-electron chi connectivity index (χ0n) is 17.2. The first-order valence-electron chi connectivity index (χ1n) is 9.57. The second-order valence-electron chi connectivity index (χ2n) is 7.15. The summed E-state index contributed by atoms with van der Waals surface area (Å²) in [6.45, 7) is 3.81. The number of methoxy groups -OCH3 is 1. The first kappa shape index (κ1) is 20.3. The Morgan fingerprint density at radius 1 is 0.935 bits per heavy atom. The number of benzene rings is 3. The highest BCUT2D eigenvalue weighted by Gasteiger charge is 2.22. The minimum Gasteiger partial charge on any atom is -0.497 e. The molecule has 1 aromatic heterocycles. The molecular weight excluding hydrogens is 399 g/mol. The second kappa shape index (κ2) is 8.07. The molecule has 0 radical (unpaired) electrons. The van der Waals surface area contributed by atoms with Crippen molar-refractivity contribution >= 4 is 16.9 Å². The van der Waals surface area contributed by atoms with E-state index in [1.54, 1.807) is 43.5 Å². The van der Waals surface area contributed by atoms with Crippen LogP contribution >= 0.6 is 0 Å². The molecular formula is C25H19FO5. The fourth-order valence-corrected chi connectivity index (χ4v) is 3.20. The van der Waals surface area contributed by atoms with Gasteiger partial charge >= 0.3 is 5.97 Å². The van der Waals surface area contributed by atoms with E-state index < -0.39 is 17.2 Å². The lowest BCUT2D eigenvalue weighted by atomic mass is 10.0. The lowest BCUT2D eigenvalue weighted by Crippen LogP contribution is -2.16. The monoisotopic (exact) mass is 418 g/mol. The van der Waals surface area contributed by atoms with Crippen LogP contribution in [0.25, 0.3) is 22.3 Å². The van der Waals surface area contributed by atoms with Gasteiger partial charge in [-0.25, -0.2) is 9.18 Å². The largest absolute Gasteiger partial charge is 0.497 e. The van der Waals surface area contributed by atoms with Crippen LogP contribution in [0.5, 0.6) is 11.5 Å². The van der Waals surface area contributed by atoms with E-state index in [1.165, 1.54) is 12.1 Å². The molecule has 0 bridgehead atoms. The van der Waals surface area contributed by atoms with E-state index in [0.29, 0.717) is 22.3 Å². The topological polar surface area (TPSA) is 65.7 Å². The van der Waals surface area contributed by atoms with E-state index in [4.69, 9.17) is 13.9 Å². The van der Waals surface area contributed by atoms with Gasteiger partial charge in [-0.15, -0.1) is 0 Å². The van der Waals surface area contributed by atoms with Gasteiger partial charge in [0.25, 0.3) is 0 Å². The number of fused-ring (bicyclic) bond motifs is 1. The van der Waals surface area contributed by atoms with E-state index in [0.717, 1.165) is 23.3 Å². The lowest BCUT2D eigenvalue weighted by molar-refractivity contribution is 0.0731. The van der Waals surface area contributed by atoms with E-state index in [1.807, 2.05) is 13.8 Å². The molecule has 0 saturated carbocycles. The summed E-state index contributed by atoms with van der Waals surface area (Å²) >= 11 is 0. The lowest BCUT2D eigenvalue weighted by Gasteiger charge is -2.12. The van der Waals surface area contributed by atoms with E-state index >= 15 is 0 Å². The number of esters is 1. The van der Waals surface area contributed by atoms with Gasteiger partial charge in [-0.2, -0.15) is 0 Å². The van der Waals surface area contributed by atoms with Gasteiger partial charge in [-0.3, -0.25) is 4.79 Å². The number of rotatable bonds is 4. The highest BCUT2D eigenvalue weighted by Crippen LogP contribution is 2.33. The van der Waals surface area contributed by atoms with Crippen molar-refractivity contribution in [1.82, 2.24) is 0 Å². The molecule has 0 aliphatic carbocycles. The maximum atomic E-state index is 13.3. The van der Waals surface area contributed by atoms with Crippen LogP contribution in [0.4, 0.5) is 4.39 Å². The van der Waals surface area contributed by atoms with Crippen molar-refractivity contribution in [2.75, 3.05) is 7.11 Å². The molecule has 5 nitrogen and oxygen atoms in total. The number of carbonyl (C=O) groups is 1. The van der Waals surface area contributed by atoms with Crippen molar-refractivity contribution in [2.24, 2.45) is 0 Å². The van der Waals surface area contributed by atoms with Gasteiger partial charge in [0.1, 0.15) is 17.1 Å². The van der Waals surface area contributed by atoms with Gasteiger partial charge < -0.3 is 13.9 Å². The van der Waals surface area contributed by atoms with E-state index in [9.17, 15) is 14.0 Å². The molecule has 156 valence electrons. The van der Waals surface area contributed by atoms with Crippen molar-refractivity contribution in [1.29, 1.82) is 0 Å². The quantitative estimate of drug-likeness (QED) is 0.413. The highest BCUT2D eigenvalue weighted by atomic mass is 19.1. The summed E-state index contributed by atoms with van der Waals surface area (Å²) in [5.41, 5.74) is 2.45. The van der Waals surface area contributed by atoms with Gasteiger partial charge in [0, 0.05) is 5.56 Å². The van der Waals surface area contributed by atoms with E-state index in [-0.39, 0.29) is 17.1 Å². The third-order valence-electron chi connectivity index (χ3n) is 5.09. The number of aryl methyl sites for hydroxylation is 2. The minimum absolute atomic E-state index is 0.113. The summed E-state index contributed by atoms with van der Waals surface area (Å²) in [5, 5.41) is 0.308. The molecule has 0 amide bonds. The SMILES string of the molecule is COc1ccc(-c2oc3cc(C)c(C)cc3c(=O)c2OC(=O)c2ccc(F)cc2)cc1. The fraction of sp³-hybridized carbons (Fsp3) is 0.120. The van der Waals surface area contributed by atoms with Crippen LogP contribution in [-0.2, 0) is 0 Å². The van der Waals surface area contributed by atoms with E-state index in [2.05, 4.69) is 0 Å². The van der Waals surface area contributed by atoms with Crippen LogP contribution in [0.1, 0.15) is 21.5 Å². The van der Waals surface area contributed by atoms with Crippen LogP contribution < -0.4 is 14.9 Å². The molecule has 0 aliphatic heterocycles. The Hall–Kier alpha value is -3.93. The second-order valence-corrected chi connectivity index (χ2v) is 7.15. The Bertz CT molecular complexity index is 1340. The summed E-state index contributed by atoms with van der Waals surface area (Å²) in [6.07, 6.45) is 0. The maximum absolute atomic E-state index is 13.3. The standard InChI is InChI=1S/C25H19FO5/c1-14-12-20-21(13-15(14)2)30-23(16-6-10-19(29-3)11-7-16)24(22(20)27)31-25(28)17-4-8-18(26)9-5-17/h4-13H,1-3H3. The predicted molar refractivity (Wildman–Crippen MR) is 115 cm³/mol. The summed E-state index contributed by atoms with van der Waals surface area (Å²) in [4.78, 5) is 26.0. The minimum atomic E-state index is -0.787. The molecule has 0 atom stereocenters. The summed E-state index contributed by atoms with van der Waals surface area (Å²) < 4.78 is 29.9. The molecule has 31 heavy (non-hydrogen) atoms. The van der Waals surface area contributed by atoms with Gasteiger partial charge in [0.2, 0.25) is 11.2 Å². The van der Waals surface area contributed by atoms with Gasteiger partial charge in [0.15, 0.2) is 5.76 Å². The third-order valence-corrected chi connectivity index (χ3v) is 5.09. The van der Waals surface area contributed by atoms with Gasteiger partial charge in [-0.05, 0) is 85.6 Å². The van der Waals surface area contributed by atoms with Crippen LogP contribution in [-0.4, -0.2) is 13.1 Å². The zero-order valence-corrected chi connectivity index (χ0v) is 17.2. The third kappa shape index (κ3) is 3.92. The molecule has 3 aromatic carbocycles. The van der Waals surface area contributed by atoms with Crippen LogP contribution in [0.15, 0.2) is 69.9 Å². The Morgan fingerprint density at radius 3 is 2.23 bits per heavy atom. The summed E-state index contributed by atoms with van der Waals surface area (Å²) in [5.74, 6) is -0.742. The molecule has 0 spiro atoms. The van der Waals surface area contributed by atoms with Crippen molar-refractivity contribution in [3.8, 4) is 22.8 Å². The molecule has 1 heterocycles. The Morgan fingerprint density at radius 2 is 1.58 bits per heavy atom. The fourth-order valence-electron chi connectivity index (χ4n) is 3.20. The molecule has 0 saturated heterocycles. The summed E-state index contributed by atoms with van der Waals surface area (Å²) in [7, 11) is 1.55. The van der Waals surface area contributed by atoms with Crippen molar-refractivity contribution < 1.29 is 23.1 Å².